The van der Waals surface area contributed by atoms with E-state index in [2.05, 4.69) is 20.9 Å². The molecule has 0 aliphatic carbocycles. The number of methoxy groups -OCH3 is 1. The van der Waals surface area contributed by atoms with E-state index in [-0.39, 0.29) is 5.82 Å². The maximum Gasteiger partial charge on any atom is 0.221 e. The average Bonchev–Trinajstić information content (AvgIpc) is 2.39. The lowest BCUT2D eigenvalue weighted by Gasteiger charge is -2.08. The van der Waals surface area contributed by atoms with Gasteiger partial charge in [0.1, 0.15) is 5.82 Å². The second kappa shape index (κ2) is 5.27. The van der Waals surface area contributed by atoms with Gasteiger partial charge in [0.2, 0.25) is 5.88 Å². The van der Waals surface area contributed by atoms with Crippen LogP contribution in [0.1, 0.15) is 5.69 Å². The molecule has 1 heterocycles. The molecular weight excluding hydrogens is 285 g/mol. The zero-order valence-electron chi connectivity index (χ0n) is 9.28. The Morgan fingerprint density at radius 1 is 1.18 bits per heavy atom. The molecule has 17 heavy (non-hydrogen) atoms. The summed E-state index contributed by atoms with van der Waals surface area (Å²) in [6.07, 6.45) is 0. The third-order valence-corrected chi connectivity index (χ3v) is 2.98. The molecule has 0 atom stereocenters. The smallest absolute Gasteiger partial charge is 0.221 e. The fraction of sp³-hybridized carbons (Fsp3) is 0.154. The summed E-state index contributed by atoms with van der Waals surface area (Å²) in [5.41, 5.74) is 2.64. The zero-order chi connectivity index (χ0) is 12.3. The van der Waals surface area contributed by atoms with Crippen molar-refractivity contribution < 1.29 is 9.13 Å². The van der Waals surface area contributed by atoms with Crippen molar-refractivity contribution in [2.45, 2.75) is 5.33 Å². The predicted molar refractivity (Wildman–Crippen MR) is 68.8 cm³/mol. The van der Waals surface area contributed by atoms with Crippen LogP contribution in [0.4, 0.5) is 4.39 Å². The third-order valence-electron chi connectivity index (χ3n) is 2.40. The lowest BCUT2D eigenvalue weighted by molar-refractivity contribution is 0.398. The van der Waals surface area contributed by atoms with E-state index >= 15 is 0 Å². The van der Waals surface area contributed by atoms with Gasteiger partial charge in [0.05, 0.1) is 12.8 Å². The molecule has 0 amide bonds. The molecule has 0 spiro atoms. The Morgan fingerprint density at radius 2 is 1.88 bits per heavy atom. The molecule has 2 aromatic rings. The third kappa shape index (κ3) is 2.64. The Labute approximate surface area is 108 Å². The Morgan fingerprint density at radius 3 is 2.47 bits per heavy atom. The number of hydrogen-bond donors (Lipinski definition) is 0. The van der Waals surface area contributed by atoms with Crippen LogP contribution in [0.3, 0.4) is 0 Å². The number of hydrogen-bond acceptors (Lipinski definition) is 2. The van der Waals surface area contributed by atoms with Crippen LogP contribution in [-0.4, -0.2) is 12.1 Å². The number of halogens is 2. The van der Waals surface area contributed by atoms with Gasteiger partial charge < -0.3 is 4.74 Å². The Kier molecular flexibility index (Phi) is 3.74. The molecule has 4 heteroatoms. The van der Waals surface area contributed by atoms with Crippen LogP contribution in [0.5, 0.6) is 5.88 Å². The minimum Gasteiger partial charge on any atom is -0.481 e. The minimum atomic E-state index is -0.252. The first-order chi connectivity index (χ1) is 8.24. The van der Waals surface area contributed by atoms with Gasteiger partial charge in [-0.05, 0) is 29.8 Å². The highest BCUT2D eigenvalue weighted by Crippen LogP contribution is 2.28. The molecule has 0 saturated heterocycles. The fourth-order valence-corrected chi connectivity index (χ4v) is 1.87. The SMILES string of the molecule is COc1nc(CBr)ccc1-c1ccc(F)cc1. The standard InChI is InChI=1S/C13H11BrFNO/c1-17-13-12(7-6-11(8-14)16-13)9-2-4-10(15)5-3-9/h2-7H,8H2,1H3. The first-order valence-corrected chi connectivity index (χ1v) is 6.22. The quantitative estimate of drug-likeness (QED) is 0.804. The molecule has 0 radical (unpaired) electrons. The van der Waals surface area contributed by atoms with E-state index in [1.165, 1.54) is 12.1 Å². The molecule has 1 aromatic carbocycles. The van der Waals surface area contributed by atoms with Crippen LogP contribution in [0, 0.1) is 5.82 Å². The van der Waals surface area contributed by atoms with Gasteiger partial charge in [-0.1, -0.05) is 28.1 Å². The second-order valence-electron chi connectivity index (χ2n) is 3.50. The van der Waals surface area contributed by atoms with Crippen LogP contribution in [0.2, 0.25) is 0 Å². The molecule has 0 unspecified atom stereocenters. The van der Waals surface area contributed by atoms with Gasteiger partial charge in [0, 0.05) is 10.9 Å². The number of pyridine rings is 1. The van der Waals surface area contributed by atoms with Gasteiger partial charge in [-0.2, -0.15) is 0 Å². The number of benzene rings is 1. The Balaban J connectivity index is 2.47. The fourth-order valence-electron chi connectivity index (χ4n) is 1.56. The van der Waals surface area contributed by atoms with E-state index in [9.17, 15) is 4.39 Å². The van der Waals surface area contributed by atoms with E-state index in [0.29, 0.717) is 11.2 Å². The van der Waals surface area contributed by atoms with Crippen LogP contribution in [0.25, 0.3) is 11.1 Å². The summed E-state index contributed by atoms with van der Waals surface area (Å²) in [7, 11) is 1.58. The van der Waals surface area contributed by atoms with Crippen molar-refractivity contribution in [2.24, 2.45) is 0 Å². The predicted octanol–water partition coefficient (Wildman–Crippen LogP) is 3.79. The minimum absolute atomic E-state index is 0.252. The maximum atomic E-state index is 12.9. The first kappa shape index (κ1) is 12.0. The highest BCUT2D eigenvalue weighted by atomic mass is 79.9. The summed E-state index contributed by atoms with van der Waals surface area (Å²) in [4.78, 5) is 4.35. The normalized spacial score (nSPS) is 10.3. The second-order valence-corrected chi connectivity index (χ2v) is 4.06. The molecule has 2 rings (SSSR count). The molecule has 0 fully saturated rings. The van der Waals surface area contributed by atoms with E-state index in [1.54, 1.807) is 19.2 Å². The van der Waals surface area contributed by atoms with Crippen molar-refractivity contribution in [1.82, 2.24) is 4.98 Å². The molecule has 88 valence electrons. The van der Waals surface area contributed by atoms with Crippen molar-refractivity contribution in [2.75, 3.05) is 7.11 Å². The lowest BCUT2D eigenvalue weighted by Crippen LogP contribution is -1.94. The number of aromatic nitrogens is 1. The van der Waals surface area contributed by atoms with Crippen molar-refractivity contribution in [3.05, 3.63) is 47.9 Å². The van der Waals surface area contributed by atoms with Crippen LogP contribution < -0.4 is 4.74 Å². The van der Waals surface area contributed by atoms with Gasteiger partial charge >= 0.3 is 0 Å². The molecular formula is C13H11BrFNO. The molecule has 2 nitrogen and oxygen atoms in total. The van der Waals surface area contributed by atoms with Gasteiger partial charge in [-0.25, -0.2) is 9.37 Å². The molecule has 0 bridgehead atoms. The van der Waals surface area contributed by atoms with E-state index in [4.69, 9.17) is 4.74 Å². The number of nitrogens with zero attached hydrogens (tertiary/aromatic N) is 1. The topological polar surface area (TPSA) is 22.1 Å². The summed E-state index contributed by atoms with van der Waals surface area (Å²) in [5, 5.41) is 0.674. The largest absolute Gasteiger partial charge is 0.481 e. The van der Waals surface area contributed by atoms with E-state index in [1.807, 2.05) is 12.1 Å². The van der Waals surface area contributed by atoms with Gasteiger partial charge in [-0.15, -0.1) is 0 Å². The number of alkyl halides is 1. The van der Waals surface area contributed by atoms with Gasteiger partial charge in [0.15, 0.2) is 0 Å². The summed E-state index contributed by atoms with van der Waals surface area (Å²) in [6, 6.07) is 10.1. The molecule has 0 aliphatic rings. The zero-order valence-corrected chi connectivity index (χ0v) is 10.9. The average molecular weight is 296 g/mol. The molecule has 0 N–H and O–H groups in total. The van der Waals surface area contributed by atoms with Gasteiger partial charge in [-0.3, -0.25) is 0 Å². The molecule has 0 saturated carbocycles. The van der Waals surface area contributed by atoms with Gasteiger partial charge in [0.25, 0.3) is 0 Å². The van der Waals surface area contributed by atoms with Crippen LogP contribution in [-0.2, 0) is 5.33 Å². The van der Waals surface area contributed by atoms with E-state index < -0.39 is 0 Å². The van der Waals surface area contributed by atoms with E-state index in [0.717, 1.165) is 16.8 Å². The Hall–Kier alpha value is -1.42. The van der Waals surface area contributed by atoms with Crippen LogP contribution >= 0.6 is 15.9 Å². The summed E-state index contributed by atoms with van der Waals surface area (Å²) in [5.74, 6) is 0.298. The maximum absolute atomic E-state index is 12.9. The molecule has 0 aliphatic heterocycles. The highest BCUT2D eigenvalue weighted by molar-refractivity contribution is 9.08. The van der Waals surface area contributed by atoms with Crippen molar-refractivity contribution in [3.63, 3.8) is 0 Å². The Bertz CT molecular complexity index is 513. The van der Waals surface area contributed by atoms with Crippen LogP contribution in [0.15, 0.2) is 36.4 Å². The highest BCUT2D eigenvalue weighted by Gasteiger charge is 2.08. The summed E-state index contributed by atoms with van der Waals surface area (Å²) in [6.45, 7) is 0. The van der Waals surface area contributed by atoms with Crippen molar-refractivity contribution in [1.29, 1.82) is 0 Å². The first-order valence-electron chi connectivity index (χ1n) is 5.10. The number of ether oxygens (including phenoxy) is 1. The number of rotatable bonds is 3. The monoisotopic (exact) mass is 295 g/mol. The summed E-state index contributed by atoms with van der Waals surface area (Å²) < 4.78 is 18.1. The van der Waals surface area contributed by atoms with Crippen molar-refractivity contribution in [3.8, 4) is 17.0 Å². The van der Waals surface area contributed by atoms with Crippen molar-refractivity contribution >= 4 is 15.9 Å². The lowest BCUT2D eigenvalue weighted by atomic mass is 10.1. The molecule has 1 aromatic heterocycles. The summed E-state index contributed by atoms with van der Waals surface area (Å²) >= 11 is 3.34.